The topological polar surface area (TPSA) is 76.9 Å². The zero-order valence-electron chi connectivity index (χ0n) is 15.0. The number of aliphatic carboxylic acids is 1. The molecule has 144 valence electrons. The van der Waals surface area contributed by atoms with Crippen molar-refractivity contribution in [2.24, 2.45) is 0 Å². The molecule has 1 aliphatic heterocycles. The highest BCUT2D eigenvalue weighted by molar-refractivity contribution is 5.84. The summed E-state index contributed by atoms with van der Waals surface area (Å²) in [6.07, 6.45) is 4.12. The molecule has 2 N–H and O–H groups in total. The predicted molar refractivity (Wildman–Crippen MR) is 103 cm³/mol. The van der Waals surface area contributed by atoms with E-state index in [9.17, 15) is 9.18 Å². The normalized spacial score (nSPS) is 14.7. The van der Waals surface area contributed by atoms with Crippen molar-refractivity contribution >= 4 is 17.7 Å². The van der Waals surface area contributed by atoms with Crippen LogP contribution in [0.5, 0.6) is 0 Å². The van der Waals surface area contributed by atoms with Crippen LogP contribution in [0.25, 0.3) is 6.08 Å². The largest absolute Gasteiger partial charge is 0.478 e. The molecule has 1 aromatic carbocycles. The van der Waals surface area contributed by atoms with Gasteiger partial charge in [-0.3, -0.25) is 9.88 Å². The number of aliphatic hydroxyl groups is 1. The van der Waals surface area contributed by atoms with E-state index in [1.54, 1.807) is 24.4 Å². The summed E-state index contributed by atoms with van der Waals surface area (Å²) in [7, 11) is 0. The Morgan fingerprint density at radius 1 is 1.11 bits per heavy atom. The Morgan fingerprint density at radius 2 is 1.81 bits per heavy atom. The van der Waals surface area contributed by atoms with Gasteiger partial charge >= 0.3 is 5.97 Å². The molecule has 3 rings (SSSR count). The summed E-state index contributed by atoms with van der Waals surface area (Å²) in [6.45, 7) is 4.75. The molecule has 0 atom stereocenters. The number of pyridine rings is 1. The molecule has 1 saturated heterocycles. The molecule has 1 aliphatic rings. The molecule has 0 amide bonds. The summed E-state index contributed by atoms with van der Waals surface area (Å²) in [4.78, 5) is 18.4. The Hall–Kier alpha value is -2.77. The van der Waals surface area contributed by atoms with E-state index < -0.39 is 5.97 Å². The SMILES string of the molecule is O=C(O)/C=C/c1ccccn1.OCCN1CCN(c2ccc(F)cc2)CC1. The van der Waals surface area contributed by atoms with Crippen LogP contribution >= 0.6 is 0 Å². The third-order valence-corrected chi connectivity index (χ3v) is 4.06. The van der Waals surface area contributed by atoms with E-state index in [4.69, 9.17) is 10.2 Å². The number of carboxylic acids is 1. The first-order valence-electron chi connectivity index (χ1n) is 8.74. The van der Waals surface area contributed by atoms with Crippen LogP contribution in [0.2, 0.25) is 0 Å². The first-order chi connectivity index (χ1) is 13.1. The van der Waals surface area contributed by atoms with Gasteiger partial charge in [0.1, 0.15) is 5.82 Å². The van der Waals surface area contributed by atoms with Crippen LogP contribution in [-0.4, -0.2) is 65.4 Å². The van der Waals surface area contributed by atoms with Gasteiger partial charge in [-0.1, -0.05) is 6.07 Å². The fraction of sp³-hybridized carbons (Fsp3) is 0.300. The van der Waals surface area contributed by atoms with E-state index in [2.05, 4.69) is 14.8 Å². The van der Waals surface area contributed by atoms with Crippen LogP contribution in [-0.2, 0) is 4.79 Å². The first-order valence-corrected chi connectivity index (χ1v) is 8.74. The minimum atomic E-state index is -0.962. The molecule has 0 aliphatic carbocycles. The second kappa shape index (κ2) is 11.1. The summed E-state index contributed by atoms with van der Waals surface area (Å²) in [5.74, 6) is -1.15. The highest BCUT2D eigenvalue weighted by Gasteiger charge is 2.16. The Bertz CT molecular complexity index is 715. The lowest BCUT2D eigenvalue weighted by molar-refractivity contribution is -0.131. The quantitative estimate of drug-likeness (QED) is 0.782. The molecule has 1 aromatic heterocycles. The van der Waals surface area contributed by atoms with Crippen molar-refractivity contribution in [3.8, 4) is 0 Å². The molecule has 6 nitrogen and oxygen atoms in total. The predicted octanol–water partition coefficient (Wildman–Crippen LogP) is 2.12. The number of β-amino-alcohol motifs (C(OH)–C–C–N with tert-alkyl or cyclic N) is 1. The fourth-order valence-corrected chi connectivity index (χ4v) is 2.65. The maximum atomic E-state index is 12.8. The number of aliphatic hydroxyl groups excluding tert-OH is 1. The van der Waals surface area contributed by atoms with Gasteiger partial charge in [0.2, 0.25) is 0 Å². The van der Waals surface area contributed by atoms with Gasteiger partial charge in [-0.25, -0.2) is 9.18 Å². The van der Waals surface area contributed by atoms with Crippen LogP contribution < -0.4 is 4.90 Å². The Kier molecular flexibility index (Phi) is 8.41. The van der Waals surface area contributed by atoms with Crippen molar-refractivity contribution in [3.05, 3.63) is 66.2 Å². The molecule has 7 heteroatoms. The molecule has 0 spiro atoms. The highest BCUT2D eigenvalue weighted by atomic mass is 19.1. The number of anilines is 1. The lowest BCUT2D eigenvalue weighted by Gasteiger charge is -2.35. The van der Waals surface area contributed by atoms with Gasteiger partial charge < -0.3 is 15.1 Å². The Balaban J connectivity index is 0.000000208. The molecule has 0 saturated carbocycles. The number of halogens is 1. The van der Waals surface area contributed by atoms with Gasteiger partial charge in [0.25, 0.3) is 0 Å². The highest BCUT2D eigenvalue weighted by Crippen LogP contribution is 2.16. The molecule has 2 heterocycles. The van der Waals surface area contributed by atoms with Crippen molar-refractivity contribution in [1.29, 1.82) is 0 Å². The van der Waals surface area contributed by atoms with E-state index in [-0.39, 0.29) is 12.4 Å². The molecular formula is C20H24FN3O3. The first kappa shape index (κ1) is 20.5. The lowest BCUT2D eigenvalue weighted by atomic mass is 10.2. The molecule has 27 heavy (non-hydrogen) atoms. The van der Waals surface area contributed by atoms with Gasteiger partial charge in [-0.2, -0.15) is 0 Å². The zero-order valence-corrected chi connectivity index (χ0v) is 15.0. The van der Waals surface area contributed by atoms with E-state index in [0.717, 1.165) is 44.5 Å². The minimum absolute atomic E-state index is 0.192. The van der Waals surface area contributed by atoms with Crippen LogP contribution in [0, 0.1) is 5.82 Å². The Labute approximate surface area is 158 Å². The second-order valence-corrected chi connectivity index (χ2v) is 5.95. The van der Waals surface area contributed by atoms with Crippen LogP contribution in [0.1, 0.15) is 5.69 Å². The third-order valence-electron chi connectivity index (χ3n) is 4.06. The van der Waals surface area contributed by atoms with Gasteiger partial charge in [-0.15, -0.1) is 0 Å². The van der Waals surface area contributed by atoms with Crippen LogP contribution in [0.3, 0.4) is 0 Å². The van der Waals surface area contributed by atoms with Crippen molar-refractivity contribution < 1.29 is 19.4 Å². The summed E-state index contributed by atoms with van der Waals surface area (Å²) in [6, 6.07) is 11.9. The number of piperazine rings is 1. The maximum absolute atomic E-state index is 12.8. The molecule has 1 fully saturated rings. The molecule has 0 radical (unpaired) electrons. The Morgan fingerprint density at radius 3 is 2.37 bits per heavy atom. The van der Waals surface area contributed by atoms with Gasteiger partial charge in [0.15, 0.2) is 0 Å². The van der Waals surface area contributed by atoms with Crippen molar-refractivity contribution in [3.63, 3.8) is 0 Å². The average Bonchev–Trinajstić information content (AvgIpc) is 2.69. The van der Waals surface area contributed by atoms with Crippen molar-refractivity contribution in [2.45, 2.75) is 0 Å². The van der Waals surface area contributed by atoms with Crippen molar-refractivity contribution in [1.82, 2.24) is 9.88 Å². The van der Waals surface area contributed by atoms with E-state index >= 15 is 0 Å². The zero-order chi connectivity index (χ0) is 19.5. The van der Waals surface area contributed by atoms with E-state index in [1.807, 2.05) is 12.1 Å². The number of benzene rings is 1. The summed E-state index contributed by atoms with van der Waals surface area (Å²) < 4.78 is 12.8. The molecule has 2 aromatic rings. The fourth-order valence-electron chi connectivity index (χ4n) is 2.65. The molecule has 0 unspecified atom stereocenters. The maximum Gasteiger partial charge on any atom is 0.328 e. The number of nitrogens with zero attached hydrogens (tertiary/aromatic N) is 3. The number of carboxylic acid groups (broad SMARTS) is 1. The molecule has 0 bridgehead atoms. The lowest BCUT2D eigenvalue weighted by Crippen LogP contribution is -2.47. The monoisotopic (exact) mass is 373 g/mol. The van der Waals surface area contributed by atoms with Gasteiger partial charge in [-0.05, 0) is 42.5 Å². The number of aromatic nitrogens is 1. The number of hydrogen-bond acceptors (Lipinski definition) is 5. The average molecular weight is 373 g/mol. The number of rotatable bonds is 5. The van der Waals surface area contributed by atoms with Crippen LogP contribution in [0.4, 0.5) is 10.1 Å². The van der Waals surface area contributed by atoms with Crippen LogP contribution in [0.15, 0.2) is 54.7 Å². The number of hydrogen-bond donors (Lipinski definition) is 2. The molecular weight excluding hydrogens is 349 g/mol. The number of carbonyl (C=O) groups is 1. The summed E-state index contributed by atoms with van der Waals surface area (Å²) in [5.41, 5.74) is 1.72. The summed E-state index contributed by atoms with van der Waals surface area (Å²) >= 11 is 0. The third kappa shape index (κ3) is 7.55. The standard InChI is InChI=1S/C12H17FN2O.C8H7NO2/c13-11-1-3-12(4-2-11)15-7-5-14(6-8-15)9-10-16;10-8(11)5-4-7-3-1-2-6-9-7/h1-4,16H,5-10H2;1-6H,(H,10,11)/b;5-4+. The minimum Gasteiger partial charge on any atom is -0.478 e. The van der Waals surface area contributed by atoms with Gasteiger partial charge in [0, 0.05) is 50.7 Å². The van der Waals surface area contributed by atoms with E-state index in [1.165, 1.54) is 18.2 Å². The van der Waals surface area contributed by atoms with Crippen molar-refractivity contribution in [2.75, 3.05) is 44.2 Å². The van der Waals surface area contributed by atoms with E-state index in [0.29, 0.717) is 5.69 Å². The summed E-state index contributed by atoms with van der Waals surface area (Å²) in [5, 5.41) is 17.1. The second-order valence-electron chi connectivity index (χ2n) is 5.95. The van der Waals surface area contributed by atoms with Gasteiger partial charge in [0.05, 0.1) is 12.3 Å². The smallest absolute Gasteiger partial charge is 0.328 e.